The maximum Gasteiger partial charge on any atom is 0.229 e. The molecule has 232 valence electrons. The third kappa shape index (κ3) is 11.1. The van der Waals surface area contributed by atoms with Crippen LogP contribution in [0.4, 0.5) is 11.6 Å². The number of rotatable bonds is 9. The van der Waals surface area contributed by atoms with Gasteiger partial charge in [-0.15, -0.1) is 37.2 Å². The molecule has 2 saturated heterocycles. The number of sulfonamides is 1. The van der Waals surface area contributed by atoms with Gasteiger partial charge in [0.25, 0.3) is 0 Å². The monoisotopic (exact) mass is 658 g/mol. The Hall–Kier alpha value is -2.34. The topological polar surface area (TPSA) is 108 Å². The minimum atomic E-state index is -3.30. The number of halogens is 3. The lowest BCUT2D eigenvalue weighted by Crippen LogP contribution is -2.41. The molecule has 3 aromatic rings. The Labute approximate surface area is 267 Å². The average molecular weight is 660 g/mol. The molecule has 5 rings (SSSR count). The lowest BCUT2D eigenvalue weighted by Gasteiger charge is -2.33. The second-order valence-corrected chi connectivity index (χ2v) is 12.3. The minimum Gasteiger partial charge on any atom is -0.457 e. The number of hydrogen-bond acceptors (Lipinski definition) is 8. The van der Waals surface area contributed by atoms with E-state index in [1.165, 1.54) is 18.4 Å². The highest BCUT2D eigenvalue weighted by Gasteiger charge is 2.22. The quantitative estimate of drug-likeness (QED) is 0.263. The molecule has 2 aliphatic rings. The zero-order chi connectivity index (χ0) is 27.1. The van der Waals surface area contributed by atoms with Gasteiger partial charge in [0.05, 0.1) is 6.26 Å². The van der Waals surface area contributed by atoms with Crippen molar-refractivity contribution in [3.05, 3.63) is 72.1 Å². The smallest absolute Gasteiger partial charge is 0.229 e. The second kappa shape index (κ2) is 17.1. The van der Waals surface area contributed by atoms with Crippen LogP contribution in [0.25, 0.3) is 0 Å². The van der Waals surface area contributed by atoms with Crippen LogP contribution in [0.1, 0.15) is 49.3 Å². The first-order valence-electron chi connectivity index (χ1n) is 13.8. The maximum atomic E-state index is 11.4. The first kappa shape index (κ1) is 35.9. The van der Waals surface area contributed by atoms with Gasteiger partial charge in [0.1, 0.15) is 11.5 Å². The Bertz CT molecular complexity index is 1330. The number of benzene rings is 2. The van der Waals surface area contributed by atoms with E-state index in [4.69, 9.17) is 9.72 Å². The molecule has 2 atom stereocenters. The van der Waals surface area contributed by atoms with Gasteiger partial charge in [-0.2, -0.15) is 0 Å². The van der Waals surface area contributed by atoms with Crippen molar-refractivity contribution in [2.75, 3.05) is 42.5 Å². The van der Waals surface area contributed by atoms with Crippen molar-refractivity contribution in [3.63, 3.8) is 0 Å². The van der Waals surface area contributed by atoms with Gasteiger partial charge in [-0.05, 0) is 99.8 Å². The fourth-order valence-corrected chi connectivity index (χ4v) is 5.91. The summed E-state index contributed by atoms with van der Waals surface area (Å²) in [6.07, 6.45) is 8.78. The fourth-order valence-electron chi connectivity index (χ4n) is 5.35. The van der Waals surface area contributed by atoms with Crippen molar-refractivity contribution in [3.8, 4) is 11.5 Å². The summed E-state index contributed by atoms with van der Waals surface area (Å²) in [6.45, 7) is 5.05. The van der Waals surface area contributed by atoms with Crippen LogP contribution in [0.5, 0.6) is 11.5 Å². The third-order valence-electron chi connectivity index (χ3n) is 7.23. The zero-order valence-corrected chi connectivity index (χ0v) is 27.0. The first-order valence-corrected chi connectivity index (χ1v) is 15.7. The third-order valence-corrected chi connectivity index (χ3v) is 7.84. The van der Waals surface area contributed by atoms with Gasteiger partial charge in [0, 0.05) is 42.6 Å². The van der Waals surface area contributed by atoms with Gasteiger partial charge < -0.3 is 15.4 Å². The normalized spacial score (nSPS) is 19.2. The summed E-state index contributed by atoms with van der Waals surface area (Å²) in [5.74, 6) is 2.64. The Kier molecular flexibility index (Phi) is 14.6. The van der Waals surface area contributed by atoms with E-state index in [2.05, 4.69) is 43.4 Å². The molecule has 1 aromatic heterocycles. The molecule has 42 heavy (non-hydrogen) atoms. The van der Waals surface area contributed by atoms with E-state index in [9.17, 15) is 8.42 Å². The van der Waals surface area contributed by atoms with Crippen LogP contribution in [0, 0.1) is 0 Å². The van der Waals surface area contributed by atoms with Crippen LogP contribution in [-0.2, 0) is 16.6 Å². The molecule has 0 radical (unpaired) electrons. The van der Waals surface area contributed by atoms with Crippen molar-refractivity contribution in [2.24, 2.45) is 0 Å². The summed E-state index contributed by atoms with van der Waals surface area (Å²) in [6, 6.07) is 17.4. The molecule has 3 heterocycles. The number of aromatic nitrogens is 2. The summed E-state index contributed by atoms with van der Waals surface area (Å²) in [7, 11) is -3.30. The summed E-state index contributed by atoms with van der Waals surface area (Å²) < 4.78 is 31.1. The van der Waals surface area contributed by atoms with Crippen LogP contribution >= 0.6 is 37.2 Å². The largest absolute Gasteiger partial charge is 0.457 e. The van der Waals surface area contributed by atoms with E-state index >= 15 is 0 Å². The standard InChI is InChI=1S/C29H38N6O3S.3ClH/c1-39(36,37)34-24-8-12-27(13-9-24)38-26-10-6-22(7-11-26)20-35-19-3-5-25(21-35)32-29-31-18-15-28(33-29)23-4-2-16-30-17-14-23;;;/h6-13,15,18,23,25,30,34H,2-5,14,16-17,19-21H2,1H3,(H,31,32,33);3*1H. The van der Waals surface area contributed by atoms with Crippen LogP contribution in [0.2, 0.25) is 0 Å². The maximum absolute atomic E-state index is 11.4. The van der Waals surface area contributed by atoms with Crippen LogP contribution in [0.3, 0.4) is 0 Å². The molecule has 13 heteroatoms. The SMILES string of the molecule is CS(=O)(=O)Nc1ccc(Oc2ccc(CN3CCCC(Nc4nccc(C5CCCNCC5)n4)C3)cc2)cc1.Cl.Cl.Cl. The summed E-state index contributed by atoms with van der Waals surface area (Å²) in [5, 5.41) is 7.09. The van der Waals surface area contributed by atoms with Crippen molar-refractivity contribution < 1.29 is 13.2 Å². The van der Waals surface area contributed by atoms with E-state index in [1.807, 2.05) is 18.3 Å². The van der Waals surface area contributed by atoms with Gasteiger partial charge in [-0.1, -0.05) is 12.1 Å². The molecular formula is C29H41Cl3N6O3S. The number of anilines is 2. The Balaban J connectivity index is 0.00000205. The number of piperidine rings is 1. The van der Waals surface area contributed by atoms with E-state index < -0.39 is 10.0 Å². The van der Waals surface area contributed by atoms with Crippen molar-refractivity contribution in [1.82, 2.24) is 20.2 Å². The zero-order valence-electron chi connectivity index (χ0n) is 23.7. The predicted molar refractivity (Wildman–Crippen MR) is 177 cm³/mol. The highest BCUT2D eigenvalue weighted by Crippen LogP contribution is 2.26. The molecule has 0 amide bonds. The lowest BCUT2D eigenvalue weighted by atomic mass is 9.97. The number of hydrogen-bond donors (Lipinski definition) is 3. The molecule has 0 aliphatic carbocycles. The molecular weight excluding hydrogens is 619 g/mol. The number of nitrogens with one attached hydrogen (secondary N) is 3. The number of likely N-dealkylation sites (tertiary alicyclic amines) is 1. The molecule has 2 aliphatic heterocycles. The van der Waals surface area contributed by atoms with E-state index in [0.29, 0.717) is 23.4 Å². The van der Waals surface area contributed by atoms with E-state index in [1.54, 1.807) is 24.3 Å². The highest BCUT2D eigenvalue weighted by atomic mass is 35.5. The predicted octanol–water partition coefficient (Wildman–Crippen LogP) is 5.84. The van der Waals surface area contributed by atoms with Gasteiger partial charge in [0.15, 0.2) is 0 Å². The molecule has 2 aromatic carbocycles. The van der Waals surface area contributed by atoms with Crippen LogP contribution in [-0.4, -0.2) is 61.8 Å². The van der Waals surface area contributed by atoms with Crippen molar-refractivity contribution in [2.45, 2.75) is 50.6 Å². The van der Waals surface area contributed by atoms with E-state index in [-0.39, 0.29) is 37.2 Å². The molecule has 0 spiro atoms. The second-order valence-electron chi connectivity index (χ2n) is 10.5. The average Bonchev–Trinajstić information content (AvgIpc) is 3.20. The van der Waals surface area contributed by atoms with Crippen molar-refractivity contribution >= 4 is 58.9 Å². The summed E-state index contributed by atoms with van der Waals surface area (Å²) in [5.41, 5.74) is 2.90. The number of nitrogens with zero attached hydrogens (tertiary/aromatic N) is 3. The highest BCUT2D eigenvalue weighted by molar-refractivity contribution is 7.92. The molecule has 0 saturated carbocycles. The van der Waals surface area contributed by atoms with Gasteiger partial charge >= 0.3 is 0 Å². The molecule has 0 bridgehead atoms. The molecule has 3 N–H and O–H groups in total. The van der Waals surface area contributed by atoms with E-state index in [0.717, 1.165) is 75.6 Å². The van der Waals surface area contributed by atoms with Gasteiger partial charge in [0.2, 0.25) is 16.0 Å². The molecule has 9 nitrogen and oxygen atoms in total. The summed E-state index contributed by atoms with van der Waals surface area (Å²) in [4.78, 5) is 11.9. The summed E-state index contributed by atoms with van der Waals surface area (Å²) >= 11 is 0. The Morgan fingerprint density at radius 1 is 0.929 bits per heavy atom. The van der Waals surface area contributed by atoms with Crippen LogP contribution < -0.4 is 20.1 Å². The minimum absolute atomic E-state index is 0. The van der Waals surface area contributed by atoms with Crippen molar-refractivity contribution in [1.29, 1.82) is 0 Å². The number of ether oxygens (including phenoxy) is 1. The fraction of sp³-hybridized carbons (Fsp3) is 0.448. The van der Waals surface area contributed by atoms with Crippen LogP contribution in [0.15, 0.2) is 60.8 Å². The molecule has 2 fully saturated rings. The molecule has 2 unspecified atom stereocenters. The Morgan fingerprint density at radius 3 is 2.36 bits per heavy atom. The van der Waals surface area contributed by atoms with Gasteiger partial charge in [-0.3, -0.25) is 9.62 Å². The lowest BCUT2D eigenvalue weighted by molar-refractivity contribution is 0.208. The first-order chi connectivity index (χ1) is 18.9. The Morgan fingerprint density at radius 2 is 1.64 bits per heavy atom. The van der Waals surface area contributed by atoms with Gasteiger partial charge in [-0.25, -0.2) is 18.4 Å².